The lowest BCUT2D eigenvalue weighted by molar-refractivity contribution is -0.145. The quantitative estimate of drug-likeness (QED) is 0.219. The molecular weight excluding hydrogens is 536 g/mol. The lowest BCUT2D eigenvalue weighted by atomic mass is 10.1. The molecule has 1 saturated heterocycles. The van der Waals surface area contributed by atoms with Crippen LogP contribution < -0.4 is 5.32 Å². The van der Waals surface area contributed by atoms with E-state index in [1.54, 1.807) is 66.6 Å². The highest BCUT2D eigenvalue weighted by Crippen LogP contribution is 2.39. The van der Waals surface area contributed by atoms with E-state index >= 15 is 0 Å². The van der Waals surface area contributed by atoms with Crippen LogP contribution in [-0.4, -0.2) is 73.8 Å². The third-order valence-corrected chi connectivity index (χ3v) is 9.93. The third-order valence-electron chi connectivity index (χ3n) is 6.02. The lowest BCUT2D eigenvalue weighted by Crippen LogP contribution is -2.58. The van der Waals surface area contributed by atoms with Crippen molar-refractivity contribution in [3.05, 3.63) is 77.3 Å². The Hall–Kier alpha value is -3.25. The Morgan fingerprint density at radius 2 is 2.03 bits per heavy atom. The highest BCUT2D eigenvalue weighted by atomic mass is 35.5. The number of aliphatic carboxylic acids is 1. The number of nitrogens with one attached hydrogen (secondary N) is 2. The van der Waals surface area contributed by atoms with Crippen molar-refractivity contribution in [3.63, 3.8) is 0 Å². The number of halogens is 1. The van der Waals surface area contributed by atoms with Crippen LogP contribution in [0.2, 0.25) is 5.02 Å². The van der Waals surface area contributed by atoms with Crippen molar-refractivity contribution in [1.29, 1.82) is 5.41 Å². The van der Waals surface area contributed by atoms with Crippen molar-refractivity contribution in [3.8, 4) is 0 Å². The van der Waals surface area contributed by atoms with E-state index in [1.165, 1.54) is 4.90 Å². The number of carboxylic acid groups (broad SMARTS) is 1. The van der Waals surface area contributed by atoms with Gasteiger partial charge in [-0.2, -0.15) is 0 Å². The maximum absolute atomic E-state index is 14.1. The summed E-state index contributed by atoms with van der Waals surface area (Å²) in [4.78, 5) is 27.1. The number of hydrogen-bond donors (Lipinski definition) is 3. The van der Waals surface area contributed by atoms with Crippen LogP contribution in [0.4, 0.5) is 0 Å². The second-order valence-electron chi connectivity index (χ2n) is 8.67. The Kier molecular flexibility index (Phi) is 7.69. The predicted octanol–water partition coefficient (Wildman–Crippen LogP) is 3.36. The van der Waals surface area contributed by atoms with E-state index in [4.69, 9.17) is 17.0 Å². The normalized spacial score (nSPS) is 17.2. The minimum absolute atomic E-state index is 0.0789. The van der Waals surface area contributed by atoms with Gasteiger partial charge >= 0.3 is 5.97 Å². The Bertz CT molecular complexity index is 1490. The maximum Gasteiger partial charge on any atom is 0.327 e. The van der Waals surface area contributed by atoms with Gasteiger partial charge in [-0.25, -0.2) is 13.2 Å². The SMILES string of the molecule is C=CCN(C)C(=N)c1ccc(C(N2CC(=O)N[C@@H](C(=O)O)C2)S(=O)(=O)c2cc3ccc(Cl)cc3s2)cc1. The summed E-state index contributed by atoms with van der Waals surface area (Å²) in [7, 11) is -2.36. The summed E-state index contributed by atoms with van der Waals surface area (Å²) in [5, 5.41) is 20.2. The van der Waals surface area contributed by atoms with Crippen LogP contribution in [0.3, 0.4) is 0 Å². The predicted molar refractivity (Wildman–Crippen MR) is 144 cm³/mol. The molecule has 2 atom stereocenters. The van der Waals surface area contributed by atoms with Gasteiger partial charge in [0.25, 0.3) is 0 Å². The third kappa shape index (κ3) is 5.54. The number of sulfone groups is 1. The second kappa shape index (κ2) is 10.6. The van der Waals surface area contributed by atoms with E-state index in [0.29, 0.717) is 32.8 Å². The topological polar surface area (TPSA) is 131 Å². The molecule has 4 rings (SSSR count). The molecule has 0 bridgehead atoms. The summed E-state index contributed by atoms with van der Waals surface area (Å²) in [6, 6.07) is 11.9. The lowest BCUT2D eigenvalue weighted by Gasteiger charge is -2.36. The van der Waals surface area contributed by atoms with Gasteiger partial charge in [0.1, 0.15) is 21.5 Å². The molecular formula is C25H25ClN4O5S2. The van der Waals surface area contributed by atoms with E-state index < -0.39 is 33.1 Å². The van der Waals surface area contributed by atoms with Gasteiger partial charge in [-0.1, -0.05) is 48.0 Å². The molecule has 0 aliphatic carbocycles. The zero-order chi connectivity index (χ0) is 26.9. The summed E-state index contributed by atoms with van der Waals surface area (Å²) in [5.41, 5.74) is 0.929. The first-order chi connectivity index (χ1) is 17.5. The number of benzene rings is 2. The fourth-order valence-electron chi connectivity index (χ4n) is 4.22. The first-order valence-electron chi connectivity index (χ1n) is 11.2. The molecule has 2 aromatic carbocycles. The van der Waals surface area contributed by atoms with Gasteiger partial charge in [0, 0.05) is 35.4 Å². The fourth-order valence-corrected chi connectivity index (χ4v) is 7.87. The molecule has 1 fully saturated rings. The first kappa shape index (κ1) is 26.8. The minimum Gasteiger partial charge on any atom is -0.480 e. The molecule has 0 radical (unpaired) electrons. The number of carbonyl (C=O) groups excluding carboxylic acids is 1. The van der Waals surface area contributed by atoms with Crippen LogP contribution in [-0.2, 0) is 19.4 Å². The van der Waals surface area contributed by atoms with Gasteiger partial charge < -0.3 is 15.3 Å². The van der Waals surface area contributed by atoms with Gasteiger partial charge in [0.05, 0.1) is 6.54 Å². The van der Waals surface area contributed by atoms with Crippen LogP contribution in [0, 0.1) is 5.41 Å². The molecule has 1 amide bonds. The van der Waals surface area contributed by atoms with E-state index in [9.17, 15) is 23.1 Å². The van der Waals surface area contributed by atoms with Crippen LogP contribution in [0.5, 0.6) is 0 Å². The van der Waals surface area contributed by atoms with Gasteiger partial charge in [-0.3, -0.25) is 15.1 Å². The molecule has 0 spiro atoms. The highest BCUT2D eigenvalue weighted by molar-refractivity contribution is 7.93. The van der Waals surface area contributed by atoms with E-state index in [0.717, 1.165) is 11.3 Å². The van der Waals surface area contributed by atoms with Gasteiger partial charge in [-0.15, -0.1) is 17.9 Å². The number of carbonyl (C=O) groups is 2. The van der Waals surface area contributed by atoms with E-state index in [1.807, 2.05) is 0 Å². The van der Waals surface area contributed by atoms with E-state index in [2.05, 4.69) is 11.9 Å². The van der Waals surface area contributed by atoms with Crippen molar-refractivity contribution in [2.45, 2.75) is 15.6 Å². The zero-order valence-electron chi connectivity index (χ0n) is 19.8. The fraction of sp³-hybridized carbons (Fsp3) is 0.240. The van der Waals surface area contributed by atoms with Crippen LogP contribution in [0.1, 0.15) is 16.5 Å². The average molecular weight is 561 g/mol. The van der Waals surface area contributed by atoms with Gasteiger partial charge in [0.2, 0.25) is 15.7 Å². The van der Waals surface area contributed by atoms with Crippen molar-refractivity contribution < 1.29 is 23.1 Å². The molecule has 2 heterocycles. The summed E-state index contributed by atoms with van der Waals surface area (Å²) in [6.45, 7) is 3.66. The Morgan fingerprint density at radius 1 is 1.32 bits per heavy atom. The first-order valence-corrected chi connectivity index (χ1v) is 14.0. The zero-order valence-corrected chi connectivity index (χ0v) is 22.2. The molecule has 37 heavy (non-hydrogen) atoms. The standard InChI is InChI=1S/C25H25ClN4O5S2/c1-3-10-29(2)23(27)15-4-6-16(7-5-15)24(30-13-19(25(32)33)28-21(31)14-30)37(34,35)22-11-17-8-9-18(26)12-20(17)36-22/h3-9,11-12,19,24,27H,1,10,13-14H2,2H3,(H,28,31)(H,32,33)/t19-,24?/m1/s1. The molecule has 194 valence electrons. The number of amides is 1. The number of likely N-dealkylation sites (N-methyl/N-ethyl adjacent to an activating group) is 1. The van der Waals surface area contributed by atoms with Crippen LogP contribution >= 0.6 is 22.9 Å². The summed E-state index contributed by atoms with van der Waals surface area (Å²) < 4.78 is 28.9. The van der Waals surface area contributed by atoms with Crippen molar-refractivity contribution in [1.82, 2.24) is 15.1 Å². The molecule has 1 unspecified atom stereocenters. The maximum atomic E-state index is 14.1. The number of rotatable bonds is 8. The number of carboxylic acids is 1. The molecule has 3 N–H and O–H groups in total. The number of fused-ring (bicyclic) bond motifs is 1. The van der Waals surface area contributed by atoms with Gasteiger partial charge in [0.15, 0.2) is 0 Å². The van der Waals surface area contributed by atoms with Gasteiger partial charge in [-0.05, 0) is 29.1 Å². The molecule has 12 heteroatoms. The molecule has 1 aliphatic rings. The number of thiophene rings is 1. The number of hydrogen-bond acceptors (Lipinski definition) is 7. The second-order valence-corrected chi connectivity index (χ2v) is 12.4. The molecule has 1 aromatic heterocycles. The molecule has 3 aromatic rings. The molecule has 9 nitrogen and oxygen atoms in total. The number of piperazine rings is 1. The summed E-state index contributed by atoms with van der Waals surface area (Å²) in [5.74, 6) is -1.60. The Labute approximate surface area is 223 Å². The van der Waals surface area contributed by atoms with Crippen LogP contribution in [0.25, 0.3) is 10.1 Å². The monoisotopic (exact) mass is 560 g/mol. The van der Waals surface area contributed by atoms with E-state index in [-0.39, 0.29) is 23.1 Å². The highest BCUT2D eigenvalue weighted by Gasteiger charge is 2.41. The van der Waals surface area contributed by atoms with Crippen molar-refractivity contribution >= 4 is 60.6 Å². The largest absolute Gasteiger partial charge is 0.480 e. The number of amidine groups is 1. The summed E-state index contributed by atoms with van der Waals surface area (Å²) in [6.07, 6.45) is 1.67. The number of nitrogens with zero attached hydrogens (tertiary/aromatic N) is 2. The van der Waals surface area contributed by atoms with Crippen molar-refractivity contribution in [2.24, 2.45) is 0 Å². The smallest absolute Gasteiger partial charge is 0.327 e. The Balaban J connectivity index is 1.79. The molecule has 0 saturated carbocycles. The average Bonchev–Trinajstić information content (AvgIpc) is 3.28. The minimum atomic E-state index is -4.11. The van der Waals surface area contributed by atoms with Crippen LogP contribution in [0.15, 0.2) is 65.4 Å². The van der Waals surface area contributed by atoms with Crippen molar-refractivity contribution in [2.75, 3.05) is 26.7 Å². The molecule has 1 aliphatic heterocycles. The Morgan fingerprint density at radius 3 is 2.68 bits per heavy atom. The summed E-state index contributed by atoms with van der Waals surface area (Å²) >= 11 is 7.15.